The molecule has 0 amide bonds. The van der Waals surface area contributed by atoms with Gasteiger partial charge in [-0.2, -0.15) is 13.2 Å². The lowest BCUT2D eigenvalue weighted by Crippen LogP contribution is -2.12. The van der Waals surface area contributed by atoms with Gasteiger partial charge in [-0.3, -0.25) is 0 Å². The Morgan fingerprint density at radius 3 is 1.73 bits per heavy atom. The number of benzene rings is 1. The number of alkyl halides is 5. The topological polar surface area (TPSA) is 0 Å². The molecule has 0 radical (unpaired) electrons. The summed E-state index contributed by atoms with van der Waals surface area (Å²) in [5.74, 6) is -3.26. The third-order valence-corrected chi connectivity index (χ3v) is 1.91. The first kappa shape index (κ1) is 11.9. The number of hydrogen-bond acceptors (Lipinski definition) is 0. The Bertz CT molecular complexity index is 327. The van der Waals surface area contributed by atoms with E-state index in [0.717, 1.165) is 12.1 Å². The van der Waals surface area contributed by atoms with Crippen LogP contribution in [0.5, 0.6) is 0 Å². The van der Waals surface area contributed by atoms with Gasteiger partial charge < -0.3 is 0 Å². The molecule has 0 aliphatic rings. The fourth-order valence-corrected chi connectivity index (χ4v) is 1.20. The van der Waals surface area contributed by atoms with Gasteiger partial charge in [0.05, 0.1) is 5.56 Å². The van der Waals surface area contributed by atoms with E-state index in [1.165, 1.54) is 6.92 Å². The van der Waals surface area contributed by atoms with Crippen LogP contribution in [0.25, 0.3) is 0 Å². The van der Waals surface area contributed by atoms with Gasteiger partial charge in [0.2, 0.25) is 0 Å². The second-order valence-electron chi connectivity index (χ2n) is 3.47. The average molecular weight is 224 g/mol. The van der Waals surface area contributed by atoms with Crippen LogP contribution in [0.2, 0.25) is 0 Å². The average Bonchev–Trinajstić information content (AvgIpc) is 1.99. The third kappa shape index (κ3) is 2.91. The van der Waals surface area contributed by atoms with Crippen molar-refractivity contribution in [3.63, 3.8) is 0 Å². The summed E-state index contributed by atoms with van der Waals surface area (Å²) in [5.41, 5.74) is -1.49. The Labute approximate surface area is 83.7 Å². The summed E-state index contributed by atoms with van der Waals surface area (Å²) in [6.07, 6.45) is -4.59. The van der Waals surface area contributed by atoms with Crippen LogP contribution in [0.1, 0.15) is 23.6 Å². The maximum Gasteiger partial charge on any atom is 0.416 e. The largest absolute Gasteiger partial charge is 0.416 e. The maximum absolute atomic E-state index is 12.8. The molecule has 0 heterocycles. The van der Waals surface area contributed by atoms with Gasteiger partial charge in [-0.15, -0.1) is 0 Å². The van der Waals surface area contributed by atoms with E-state index in [2.05, 4.69) is 0 Å². The number of rotatable bonds is 1. The van der Waals surface area contributed by atoms with E-state index in [4.69, 9.17) is 0 Å². The van der Waals surface area contributed by atoms with E-state index in [1.807, 2.05) is 0 Å². The molecule has 5 heteroatoms. The molecule has 0 bridgehead atoms. The molecule has 0 aliphatic heterocycles. The van der Waals surface area contributed by atoms with Gasteiger partial charge in [0, 0.05) is 12.5 Å². The first-order valence-corrected chi connectivity index (χ1v) is 4.18. The molecule has 1 aromatic carbocycles. The Kier molecular flexibility index (Phi) is 2.76. The lowest BCUT2D eigenvalue weighted by molar-refractivity contribution is -0.137. The highest BCUT2D eigenvalue weighted by Crippen LogP contribution is 2.35. The Morgan fingerprint density at radius 2 is 1.33 bits per heavy atom. The fraction of sp³-hybridized carbons (Fsp3) is 0.400. The van der Waals surface area contributed by atoms with Gasteiger partial charge in [0.1, 0.15) is 0 Å². The van der Waals surface area contributed by atoms with Crippen LogP contribution in [0.15, 0.2) is 18.2 Å². The van der Waals surface area contributed by atoms with Crippen molar-refractivity contribution < 1.29 is 22.0 Å². The van der Waals surface area contributed by atoms with Gasteiger partial charge in [0.25, 0.3) is 5.92 Å². The van der Waals surface area contributed by atoms with Crippen LogP contribution in [-0.4, -0.2) is 0 Å². The normalized spacial score (nSPS) is 13.0. The molecule has 0 aromatic heterocycles. The molecule has 0 N–H and O–H groups in total. The van der Waals surface area contributed by atoms with E-state index < -0.39 is 23.2 Å². The summed E-state index contributed by atoms with van der Waals surface area (Å²) >= 11 is 0. The number of hydrogen-bond donors (Lipinski definition) is 0. The lowest BCUT2D eigenvalue weighted by Gasteiger charge is -2.14. The lowest BCUT2D eigenvalue weighted by atomic mass is 10.0. The standard InChI is InChI=1S/C10H9F5/c1-6-3-7(9(2,11)12)5-8(4-6)10(13,14)15/h3-5H,1-2H3. The minimum atomic E-state index is -4.59. The molecule has 0 saturated carbocycles. The molecule has 0 saturated heterocycles. The molecule has 0 nitrogen and oxygen atoms in total. The first-order chi connectivity index (χ1) is 6.60. The summed E-state index contributed by atoms with van der Waals surface area (Å²) in [6.45, 7) is 1.92. The minimum absolute atomic E-state index is 0.168. The summed E-state index contributed by atoms with van der Waals surface area (Å²) in [5, 5.41) is 0. The maximum atomic E-state index is 12.8. The predicted molar refractivity (Wildman–Crippen MR) is 45.7 cm³/mol. The van der Waals surface area contributed by atoms with Crippen molar-refractivity contribution in [1.29, 1.82) is 0 Å². The van der Waals surface area contributed by atoms with Crippen molar-refractivity contribution in [3.8, 4) is 0 Å². The van der Waals surface area contributed by atoms with Gasteiger partial charge >= 0.3 is 6.18 Å². The van der Waals surface area contributed by atoms with Crippen LogP contribution in [0.3, 0.4) is 0 Å². The molecule has 15 heavy (non-hydrogen) atoms. The Morgan fingerprint density at radius 1 is 0.867 bits per heavy atom. The van der Waals surface area contributed by atoms with Crippen molar-refractivity contribution in [2.75, 3.05) is 0 Å². The van der Waals surface area contributed by atoms with E-state index in [0.29, 0.717) is 13.0 Å². The quantitative estimate of drug-likeness (QED) is 0.629. The Balaban J connectivity index is 3.30. The van der Waals surface area contributed by atoms with Crippen molar-refractivity contribution >= 4 is 0 Å². The smallest absolute Gasteiger partial charge is 0.202 e. The zero-order valence-electron chi connectivity index (χ0n) is 8.12. The van der Waals surface area contributed by atoms with Crippen LogP contribution in [0.4, 0.5) is 22.0 Å². The van der Waals surface area contributed by atoms with Crippen LogP contribution < -0.4 is 0 Å². The Hall–Kier alpha value is -1.13. The zero-order chi connectivity index (χ0) is 11.9. The second kappa shape index (κ2) is 3.47. The summed E-state index contributed by atoms with van der Waals surface area (Å²) < 4.78 is 62.5. The fourth-order valence-electron chi connectivity index (χ4n) is 1.20. The molecule has 0 spiro atoms. The first-order valence-electron chi connectivity index (χ1n) is 4.18. The van der Waals surface area contributed by atoms with Crippen molar-refractivity contribution in [3.05, 3.63) is 34.9 Å². The highest BCUT2D eigenvalue weighted by atomic mass is 19.4. The number of aryl methyl sites for hydroxylation is 1. The van der Waals surface area contributed by atoms with Gasteiger partial charge in [-0.25, -0.2) is 8.78 Å². The highest BCUT2D eigenvalue weighted by Gasteiger charge is 2.33. The van der Waals surface area contributed by atoms with Crippen molar-refractivity contribution in [1.82, 2.24) is 0 Å². The van der Waals surface area contributed by atoms with Gasteiger partial charge in [-0.05, 0) is 19.1 Å². The van der Waals surface area contributed by atoms with E-state index in [-0.39, 0.29) is 5.56 Å². The van der Waals surface area contributed by atoms with E-state index in [9.17, 15) is 22.0 Å². The van der Waals surface area contributed by atoms with Crippen LogP contribution >= 0.6 is 0 Å². The van der Waals surface area contributed by atoms with Crippen molar-refractivity contribution in [2.45, 2.75) is 25.9 Å². The van der Waals surface area contributed by atoms with E-state index in [1.54, 1.807) is 0 Å². The zero-order valence-corrected chi connectivity index (χ0v) is 8.12. The third-order valence-electron chi connectivity index (χ3n) is 1.91. The molecule has 0 unspecified atom stereocenters. The highest BCUT2D eigenvalue weighted by molar-refractivity contribution is 5.33. The van der Waals surface area contributed by atoms with Gasteiger partial charge in [0.15, 0.2) is 0 Å². The predicted octanol–water partition coefficient (Wildman–Crippen LogP) is 4.13. The second-order valence-corrected chi connectivity index (χ2v) is 3.47. The summed E-state index contributed by atoms with van der Waals surface area (Å²) in [4.78, 5) is 0. The summed E-state index contributed by atoms with van der Waals surface area (Å²) in [6, 6.07) is 2.37. The van der Waals surface area contributed by atoms with Gasteiger partial charge in [-0.1, -0.05) is 11.6 Å². The molecular weight excluding hydrogens is 215 g/mol. The molecule has 0 atom stereocenters. The molecule has 1 aromatic rings. The molecule has 1 rings (SSSR count). The molecule has 84 valence electrons. The monoisotopic (exact) mass is 224 g/mol. The number of halogens is 5. The van der Waals surface area contributed by atoms with Crippen LogP contribution in [0, 0.1) is 6.92 Å². The molecule has 0 aliphatic carbocycles. The minimum Gasteiger partial charge on any atom is -0.202 e. The summed E-state index contributed by atoms with van der Waals surface area (Å²) in [7, 11) is 0. The SMILES string of the molecule is Cc1cc(C(C)(F)F)cc(C(F)(F)F)c1. The molecular formula is C10H9F5. The van der Waals surface area contributed by atoms with Crippen molar-refractivity contribution in [2.24, 2.45) is 0 Å². The van der Waals surface area contributed by atoms with Crippen LogP contribution in [-0.2, 0) is 12.1 Å². The molecule has 0 fully saturated rings. The van der Waals surface area contributed by atoms with E-state index >= 15 is 0 Å².